The van der Waals surface area contributed by atoms with Gasteiger partial charge < -0.3 is 14.2 Å². The van der Waals surface area contributed by atoms with E-state index < -0.39 is 23.6 Å². The highest BCUT2D eigenvalue weighted by molar-refractivity contribution is 6.10. The maximum absolute atomic E-state index is 12.3. The summed E-state index contributed by atoms with van der Waals surface area (Å²) in [6.45, 7) is 5.67. The summed E-state index contributed by atoms with van der Waals surface area (Å²) in [5, 5.41) is 0. The van der Waals surface area contributed by atoms with Crippen LogP contribution in [0.4, 0.5) is 5.69 Å². The highest BCUT2D eigenvalue weighted by atomic mass is 16.7. The molecule has 1 aliphatic heterocycles. The number of ether oxygens (including phenoxy) is 3. The van der Waals surface area contributed by atoms with Gasteiger partial charge in [0.15, 0.2) is 5.92 Å². The number of nitrogens with zero attached hydrogens (tertiary/aromatic N) is 1. The second-order valence-electron chi connectivity index (χ2n) is 10.6. The third kappa shape index (κ3) is 12.7. The molecule has 0 unspecified atom stereocenters. The molecule has 1 aliphatic rings. The van der Waals surface area contributed by atoms with Gasteiger partial charge in [0.05, 0.1) is 17.9 Å². The van der Waals surface area contributed by atoms with Gasteiger partial charge in [-0.25, -0.2) is 4.79 Å². The lowest BCUT2D eigenvalue weighted by atomic mass is 10.0. The number of rotatable bonds is 19. The normalized spacial score (nSPS) is 15.4. The topological polar surface area (TPSA) is 91.3 Å². The van der Waals surface area contributed by atoms with Gasteiger partial charge in [-0.05, 0) is 30.7 Å². The second-order valence-corrected chi connectivity index (χ2v) is 10.6. The molecule has 212 valence electrons. The minimum atomic E-state index is -1.27. The number of unbranched alkanes of at least 4 members (excludes halogenated alkanes) is 14. The van der Waals surface area contributed by atoms with Crippen LogP contribution < -0.4 is 0 Å². The largest absolute Gasteiger partial charge is 0.462 e. The van der Waals surface area contributed by atoms with Crippen LogP contribution in [0.2, 0.25) is 0 Å². The fourth-order valence-electron chi connectivity index (χ4n) is 4.42. The molecule has 38 heavy (non-hydrogen) atoms. The van der Waals surface area contributed by atoms with E-state index in [-0.39, 0.29) is 5.97 Å². The highest BCUT2D eigenvalue weighted by Gasteiger charge is 2.42. The second kappa shape index (κ2) is 17.7. The molecule has 0 spiro atoms. The van der Waals surface area contributed by atoms with Crippen molar-refractivity contribution in [3.63, 3.8) is 0 Å². The zero-order chi connectivity index (χ0) is 27.6. The molecule has 1 aromatic rings. The molecular weight excluding hydrogens is 482 g/mol. The molecule has 0 radical (unpaired) electrons. The Labute approximate surface area is 228 Å². The van der Waals surface area contributed by atoms with Crippen LogP contribution >= 0.6 is 0 Å². The summed E-state index contributed by atoms with van der Waals surface area (Å²) in [6.07, 6.45) is 20.6. The molecule has 1 fully saturated rings. The summed E-state index contributed by atoms with van der Waals surface area (Å²) in [5.41, 5.74) is 0.928. The molecule has 0 amide bonds. The number of aliphatic imine (C=N–C) groups is 1. The van der Waals surface area contributed by atoms with Crippen LogP contribution in [0.3, 0.4) is 0 Å². The maximum Gasteiger partial charge on any atom is 0.338 e. The number of cyclic esters (lactones) is 2. The highest BCUT2D eigenvalue weighted by Crippen LogP contribution is 2.23. The maximum atomic E-state index is 12.3. The van der Waals surface area contributed by atoms with Gasteiger partial charge in [-0.2, -0.15) is 0 Å². The van der Waals surface area contributed by atoms with Gasteiger partial charge >= 0.3 is 17.9 Å². The summed E-state index contributed by atoms with van der Waals surface area (Å²) < 4.78 is 15.5. The first-order chi connectivity index (χ1) is 18.3. The lowest BCUT2D eigenvalue weighted by Gasteiger charge is -2.31. The van der Waals surface area contributed by atoms with E-state index in [1.165, 1.54) is 104 Å². The van der Waals surface area contributed by atoms with Gasteiger partial charge in [0.25, 0.3) is 5.79 Å². The van der Waals surface area contributed by atoms with E-state index in [2.05, 4.69) is 11.9 Å². The SMILES string of the molecule is CCCCCCCCCCCCCCCCCOC(=O)c1ccc(N=CC2C(=O)OC(C)(C)OC2=O)cc1. The standard InChI is InChI=1S/C31H47NO6/c1-4-5-6-7-8-9-10-11-12-13-14-15-16-17-18-23-36-28(33)25-19-21-26(22-20-25)32-24-27-29(34)37-31(2,3)38-30(27)35/h19-22,24,27H,4-18,23H2,1-3H3. The van der Waals surface area contributed by atoms with Gasteiger partial charge in [-0.15, -0.1) is 0 Å². The molecule has 0 aliphatic carbocycles. The number of hydrogen-bond donors (Lipinski definition) is 0. The summed E-state index contributed by atoms with van der Waals surface area (Å²) in [7, 11) is 0. The number of esters is 3. The molecule has 7 heteroatoms. The Hall–Kier alpha value is -2.70. The van der Waals surface area contributed by atoms with Crippen molar-refractivity contribution in [3.05, 3.63) is 29.8 Å². The van der Waals surface area contributed by atoms with Crippen molar-refractivity contribution in [2.24, 2.45) is 10.9 Å². The molecule has 1 heterocycles. The van der Waals surface area contributed by atoms with Gasteiger partial charge in [-0.3, -0.25) is 14.6 Å². The van der Waals surface area contributed by atoms with Gasteiger partial charge in [0, 0.05) is 20.1 Å². The van der Waals surface area contributed by atoms with E-state index >= 15 is 0 Å². The third-order valence-corrected chi connectivity index (χ3v) is 6.66. The number of benzene rings is 1. The third-order valence-electron chi connectivity index (χ3n) is 6.66. The molecule has 2 rings (SSSR count). The molecule has 0 N–H and O–H groups in total. The van der Waals surface area contributed by atoms with Gasteiger partial charge in [0.2, 0.25) is 0 Å². The summed E-state index contributed by atoms with van der Waals surface area (Å²) in [4.78, 5) is 40.4. The van der Waals surface area contributed by atoms with E-state index in [9.17, 15) is 14.4 Å². The quantitative estimate of drug-likeness (QED) is 0.0784. The number of carbonyl (C=O) groups excluding carboxylic acids is 3. The van der Waals surface area contributed by atoms with Gasteiger partial charge in [-0.1, -0.05) is 96.8 Å². The molecule has 7 nitrogen and oxygen atoms in total. The van der Waals surface area contributed by atoms with Crippen molar-refractivity contribution in [2.75, 3.05) is 6.61 Å². The van der Waals surface area contributed by atoms with E-state index in [1.807, 2.05) is 0 Å². The minimum Gasteiger partial charge on any atom is -0.462 e. The monoisotopic (exact) mass is 529 g/mol. The van der Waals surface area contributed by atoms with Crippen LogP contribution in [0.15, 0.2) is 29.3 Å². The van der Waals surface area contributed by atoms with Gasteiger partial charge in [0.1, 0.15) is 0 Å². The lowest BCUT2D eigenvalue weighted by Crippen LogP contribution is -2.46. The van der Waals surface area contributed by atoms with E-state index in [0.29, 0.717) is 17.9 Å². The Morgan fingerprint density at radius 3 is 1.71 bits per heavy atom. The number of hydrogen-bond acceptors (Lipinski definition) is 7. The fourth-order valence-corrected chi connectivity index (χ4v) is 4.42. The molecule has 1 aromatic carbocycles. The zero-order valence-electron chi connectivity index (χ0n) is 23.7. The first-order valence-corrected chi connectivity index (χ1v) is 14.6. The fraction of sp³-hybridized carbons (Fsp3) is 0.677. The predicted molar refractivity (Wildman–Crippen MR) is 150 cm³/mol. The Kier molecular flexibility index (Phi) is 14.7. The van der Waals surface area contributed by atoms with Crippen LogP contribution in [0.5, 0.6) is 0 Å². The first kappa shape index (κ1) is 31.5. The summed E-state index contributed by atoms with van der Waals surface area (Å²) >= 11 is 0. The van der Waals surface area contributed by atoms with Crippen LogP contribution in [0.25, 0.3) is 0 Å². The lowest BCUT2D eigenvalue weighted by molar-refractivity contribution is -0.235. The van der Waals surface area contributed by atoms with Crippen molar-refractivity contribution in [1.82, 2.24) is 0 Å². The Morgan fingerprint density at radius 1 is 0.789 bits per heavy atom. The minimum absolute atomic E-state index is 0.368. The summed E-state index contributed by atoms with van der Waals surface area (Å²) in [5.74, 6) is -4.24. The first-order valence-electron chi connectivity index (χ1n) is 14.6. The van der Waals surface area contributed by atoms with Crippen molar-refractivity contribution in [1.29, 1.82) is 0 Å². The molecule has 0 saturated carbocycles. The predicted octanol–water partition coefficient (Wildman–Crippen LogP) is 7.87. The Bertz CT molecular complexity index is 857. The zero-order valence-corrected chi connectivity index (χ0v) is 23.7. The van der Waals surface area contributed by atoms with Crippen molar-refractivity contribution in [2.45, 2.75) is 123 Å². The molecule has 1 saturated heterocycles. The average molecular weight is 530 g/mol. The van der Waals surface area contributed by atoms with E-state index in [4.69, 9.17) is 14.2 Å². The van der Waals surface area contributed by atoms with Crippen LogP contribution in [-0.2, 0) is 23.8 Å². The molecular formula is C31H47NO6. The number of carbonyl (C=O) groups is 3. The van der Waals surface area contributed by atoms with Crippen LogP contribution in [-0.4, -0.2) is 36.5 Å². The Balaban J connectivity index is 1.50. The van der Waals surface area contributed by atoms with Crippen LogP contribution in [0.1, 0.15) is 127 Å². The smallest absolute Gasteiger partial charge is 0.338 e. The van der Waals surface area contributed by atoms with Crippen molar-refractivity contribution >= 4 is 29.8 Å². The molecule has 0 aromatic heterocycles. The van der Waals surface area contributed by atoms with E-state index in [0.717, 1.165) is 12.8 Å². The molecule has 0 atom stereocenters. The van der Waals surface area contributed by atoms with E-state index in [1.54, 1.807) is 24.3 Å². The van der Waals surface area contributed by atoms with Crippen molar-refractivity contribution in [3.8, 4) is 0 Å². The summed E-state index contributed by atoms with van der Waals surface area (Å²) in [6, 6.07) is 6.48. The van der Waals surface area contributed by atoms with Crippen molar-refractivity contribution < 1.29 is 28.6 Å². The average Bonchev–Trinajstić information content (AvgIpc) is 2.87. The van der Waals surface area contributed by atoms with Crippen LogP contribution in [0, 0.1) is 5.92 Å². The molecule has 0 bridgehead atoms. The Morgan fingerprint density at radius 2 is 1.24 bits per heavy atom.